The number of hydrogen-bond donors (Lipinski definition) is 1. The number of sulfonamides is 1. The highest BCUT2D eigenvalue weighted by atomic mass is 32.2. The number of carbonyl (C=O) groups excluding carboxylic acids is 1. The Morgan fingerprint density at radius 3 is 2.73 bits per heavy atom. The second-order valence-corrected chi connectivity index (χ2v) is 8.55. The summed E-state index contributed by atoms with van der Waals surface area (Å²) in [6.07, 6.45) is 1.53. The molecule has 1 aromatic carbocycles. The number of amides is 1. The fraction of sp³-hybridized carbons (Fsp3) is 0.438. The third-order valence-electron chi connectivity index (χ3n) is 4.24. The summed E-state index contributed by atoms with van der Waals surface area (Å²) in [5, 5.41) is 10.7. The summed E-state index contributed by atoms with van der Waals surface area (Å²) < 4.78 is 32.2. The van der Waals surface area contributed by atoms with Crippen LogP contribution in [0.15, 0.2) is 36.5 Å². The molecular weight excluding hydrogens is 358 g/mol. The van der Waals surface area contributed by atoms with Gasteiger partial charge in [0.25, 0.3) is 5.91 Å². The smallest absolute Gasteiger partial charge is 0.273 e. The number of carbonyl (C=O) groups is 1. The molecule has 1 amide bonds. The largest absolute Gasteiger partial charge is 0.379 e. The minimum absolute atomic E-state index is 0.0817. The normalized spacial score (nSPS) is 20.4. The second kappa shape index (κ2) is 7.52. The molecule has 0 radical (unpaired) electrons. The van der Waals surface area contributed by atoms with Gasteiger partial charge >= 0.3 is 0 Å². The molecule has 9 nitrogen and oxygen atoms in total. The predicted molar refractivity (Wildman–Crippen MR) is 94.4 cm³/mol. The lowest BCUT2D eigenvalue weighted by atomic mass is 10.1. The zero-order valence-electron chi connectivity index (χ0n) is 14.6. The molecule has 0 aliphatic carbocycles. The van der Waals surface area contributed by atoms with Crippen molar-refractivity contribution in [2.45, 2.75) is 6.04 Å². The van der Waals surface area contributed by atoms with E-state index in [9.17, 15) is 13.2 Å². The molecule has 0 saturated carbocycles. The summed E-state index contributed by atoms with van der Waals surface area (Å²) in [5.74, 6) is -0.799. The van der Waals surface area contributed by atoms with Crippen molar-refractivity contribution in [1.82, 2.24) is 24.6 Å². The Kier molecular flexibility index (Phi) is 5.35. The molecule has 1 aliphatic heterocycles. The summed E-state index contributed by atoms with van der Waals surface area (Å²) in [5.41, 5.74) is 0.952. The average Bonchev–Trinajstić information content (AvgIpc) is 3.25. The van der Waals surface area contributed by atoms with Crippen LogP contribution in [0.1, 0.15) is 10.5 Å². The molecule has 0 unspecified atom stereocenters. The van der Waals surface area contributed by atoms with Gasteiger partial charge in [0.05, 0.1) is 36.9 Å². The van der Waals surface area contributed by atoms with Crippen molar-refractivity contribution in [1.29, 1.82) is 0 Å². The highest BCUT2D eigenvalue weighted by molar-refractivity contribution is 7.89. The number of hydrogen-bond acceptors (Lipinski definition) is 6. The van der Waals surface area contributed by atoms with Gasteiger partial charge in [-0.1, -0.05) is 23.4 Å². The van der Waals surface area contributed by atoms with E-state index in [1.165, 1.54) is 29.3 Å². The summed E-state index contributed by atoms with van der Waals surface area (Å²) >= 11 is 0. The number of ether oxygens (including phenoxy) is 1. The fourth-order valence-corrected chi connectivity index (χ4v) is 3.83. The minimum Gasteiger partial charge on any atom is -0.379 e. The first-order chi connectivity index (χ1) is 12.4. The SMILES string of the molecule is CN(C)S(=O)(=O)C[C@@H]1COC[C@H]1NC(=O)c1cn(-c2ccccc2)nn1. The molecule has 2 heterocycles. The van der Waals surface area contributed by atoms with Gasteiger partial charge in [-0.2, -0.15) is 0 Å². The van der Waals surface area contributed by atoms with Crippen LogP contribution in [0.2, 0.25) is 0 Å². The molecule has 1 N–H and O–H groups in total. The molecule has 10 heteroatoms. The third kappa shape index (κ3) is 4.09. The minimum atomic E-state index is -3.38. The van der Waals surface area contributed by atoms with Crippen LogP contribution in [0.5, 0.6) is 0 Å². The lowest BCUT2D eigenvalue weighted by molar-refractivity contribution is 0.0921. The second-order valence-electron chi connectivity index (χ2n) is 6.32. The number of para-hydroxylation sites is 1. The highest BCUT2D eigenvalue weighted by Crippen LogP contribution is 2.17. The first-order valence-corrected chi connectivity index (χ1v) is 9.74. The molecule has 0 spiro atoms. The van der Waals surface area contributed by atoms with Gasteiger partial charge in [0.15, 0.2) is 5.69 Å². The number of nitrogens with zero attached hydrogens (tertiary/aromatic N) is 4. The van der Waals surface area contributed by atoms with Crippen LogP contribution in [-0.4, -0.2) is 72.7 Å². The third-order valence-corrected chi connectivity index (χ3v) is 6.20. The highest BCUT2D eigenvalue weighted by Gasteiger charge is 2.34. The number of benzene rings is 1. The monoisotopic (exact) mass is 379 g/mol. The Bertz CT molecular complexity index is 866. The molecular formula is C16H21N5O4S. The molecule has 1 fully saturated rings. The maximum absolute atomic E-state index is 12.4. The van der Waals surface area contributed by atoms with Gasteiger partial charge in [0.2, 0.25) is 10.0 Å². The first-order valence-electron chi connectivity index (χ1n) is 8.13. The van der Waals surface area contributed by atoms with Gasteiger partial charge in [-0.3, -0.25) is 4.79 Å². The average molecular weight is 379 g/mol. The zero-order valence-corrected chi connectivity index (χ0v) is 15.4. The number of aromatic nitrogens is 3. The van der Waals surface area contributed by atoms with Gasteiger partial charge in [0, 0.05) is 20.0 Å². The van der Waals surface area contributed by atoms with E-state index in [0.29, 0.717) is 0 Å². The molecule has 1 aliphatic rings. The standard InChI is InChI=1S/C16H21N5O4S/c1-20(2)26(23,24)11-12-9-25-10-15(12)17-16(22)14-8-21(19-18-14)13-6-4-3-5-7-13/h3-8,12,15H,9-11H2,1-2H3,(H,17,22)/t12-,15+/m0/s1. The molecule has 2 aromatic rings. The van der Waals surface area contributed by atoms with Gasteiger partial charge in [-0.15, -0.1) is 5.10 Å². The van der Waals surface area contributed by atoms with Gasteiger partial charge in [-0.25, -0.2) is 17.4 Å². The van der Waals surface area contributed by atoms with Gasteiger partial charge in [0.1, 0.15) is 0 Å². The summed E-state index contributed by atoms with van der Waals surface area (Å²) in [4.78, 5) is 12.4. The maximum Gasteiger partial charge on any atom is 0.273 e. The van der Waals surface area contributed by atoms with E-state index in [1.54, 1.807) is 0 Å². The van der Waals surface area contributed by atoms with Crippen LogP contribution in [0.25, 0.3) is 5.69 Å². The number of rotatable bonds is 6. The number of nitrogens with one attached hydrogen (secondary N) is 1. The van der Waals surface area contributed by atoms with Gasteiger partial charge in [-0.05, 0) is 12.1 Å². The molecule has 3 rings (SSSR count). The van der Waals surface area contributed by atoms with E-state index in [-0.39, 0.29) is 36.6 Å². The predicted octanol–water partition coefficient (Wildman–Crippen LogP) is -0.0965. The lowest BCUT2D eigenvalue weighted by Gasteiger charge is -2.20. The van der Waals surface area contributed by atoms with Crippen molar-refractivity contribution in [3.05, 3.63) is 42.2 Å². The topological polar surface area (TPSA) is 106 Å². The molecule has 0 bridgehead atoms. The Labute approximate surface area is 152 Å². The van der Waals surface area contributed by atoms with Crippen molar-refractivity contribution in [2.75, 3.05) is 33.1 Å². The molecule has 2 atom stereocenters. The Hall–Kier alpha value is -2.30. The Morgan fingerprint density at radius 1 is 1.31 bits per heavy atom. The summed E-state index contributed by atoms with van der Waals surface area (Å²) in [6, 6.07) is 8.92. The maximum atomic E-state index is 12.4. The van der Waals surface area contributed by atoms with Crippen LogP contribution >= 0.6 is 0 Å². The van der Waals surface area contributed by atoms with E-state index in [0.717, 1.165) is 5.69 Å². The summed E-state index contributed by atoms with van der Waals surface area (Å²) in [6.45, 7) is 0.556. The van der Waals surface area contributed by atoms with Crippen molar-refractivity contribution in [3.63, 3.8) is 0 Å². The van der Waals surface area contributed by atoms with Crippen molar-refractivity contribution in [3.8, 4) is 5.69 Å². The Morgan fingerprint density at radius 2 is 2.04 bits per heavy atom. The van der Waals surface area contributed by atoms with E-state index in [4.69, 9.17) is 4.74 Å². The molecule has 1 aromatic heterocycles. The van der Waals surface area contributed by atoms with Crippen molar-refractivity contribution in [2.24, 2.45) is 5.92 Å². The lowest BCUT2D eigenvalue weighted by Crippen LogP contribution is -2.43. The van der Waals surface area contributed by atoms with Crippen LogP contribution in [0.3, 0.4) is 0 Å². The quantitative estimate of drug-likeness (QED) is 0.751. The molecule has 1 saturated heterocycles. The zero-order chi connectivity index (χ0) is 18.7. The van der Waals surface area contributed by atoms with E-state index in [2.05, 4.69) is 15.6 Å². The Balaban J connectivity index is 1.67. The van der Waals surface area contributed by atoms with E-state index < -0.39 is 15.9 Å². The molecule has 140 valence electrons. The van der Waals surface area contributed by atoms with Gasteiger partial charge < -0.3 is 10.1 Å². The van der Waals surface area contributed by atoms with Crippen LogP contribution in [0.4, 0.5) is 0 Å². The molecule has 26 heavy (non-hydrogen) atoms. The van der Waals surface area contributed by atoms with Crippen molar-refractivity contribution >= 4 is 15.9 Å². The van der Waals surface area contributed by atoms with Crippen LogP contribution < -0.4 is 5.32 Å². The van der Waals surface area contributed by atoms with Crippen LogP contribution in [-0.2, 0) is 14.8 Å². The fourth-order valence-electron chi connectivity index (χ4n) is 2.66. The first kappa shape index (κ1) is 18.5. The van der Waals surface area contributed by atoms with Crippen LogP contribution in [0, 0.1) is 5.92 Å². The summed E-state index contributed by atoms with van der Waals surface area (Å²) in [7, 11) is -0.403. The van der Waals surface area contributed by atoms with E-state index in [1.807, 2.05) is 30.3 Å². The van der Waals surface area contributed by atoms with E-state index >= 15 is 0 Å². The van der Waals surface area contributed by atoms with Crippen molar-refractivity contribution < 1.29 is 17.9 Å².